The molecule has 2 unspecified atom stereocenters. The zero-order chi connectivity index (χ0) is 14.6. The van der Waals surface area contributed by atoms with Gasteiger partial charge in [0.2, 0.25) is 0 Å². The van der Waals surface area contributed by atoms with Gasteiger partial charge in [-0.05, 0) is 25.7 Å². The van der Waals surface area contributed by atoms with Gasteiger partial charge in [-0.1, -0.05) is 34.3 Å². The topological polar surface area (TPSA) is 55.8 Å². The van der Waals surface area contributed by atoms with E-state index in [0.717, 1.165) is 0 Å². The second-order valence-corrected chi connectivity index (χ2v) is 6.17. The Labute approximate surface area is 110 Å². The van der Waals surface area contributed by atoms with Gasteiger partial charge < -0.3 is 9.99 Å². The van der Waals surface area contributed by atoms with E-state index in [0.29, 0.717) is 18.6 Å². The lowest BCUT2D eigenvalue weighted by atomic mass is 9.77. The van der Waals surface area contributed by atoms with E-state index in [1.54, 1.807) is 13.8 Å². The lowest BCUT2D eigenvalue weighted by molar-refractivity contribution is -0.348. The van der Waals surface area contributed by atoms with Gasteiger partial charge in [0.1, 0.15) is 11.4 Å². The first-order valence-corrected chi connectivity index (χ1v) is 6.28. The first-order chi connectivity index (χ1) is 8.02. The third-order valence-corrected chi connectivity index (χ3v) is 2.91. The van der Waals surface area contributed by atoms with Crippen LogP contribution in [0.2, 0.25) is 0 Å². The highest BCUT2D eigenvalue weighted by atomic mass is 17.2. The number of carboxylic acids is 1. The van der Waals surface area contributed by atoms with E-state index in [2.05, 4.69) is 6.58 Å². The van der Waals surface area contributed by atoms with Crippen molar-refractivity contribution in [3.05, 3.63) is 12.3 Å². The number of allylic oxidation sites excluding steroid dienone is 1. The Morgan fingerprint density at radius 2 is 1.83 bits per heavy atom. The van der Waals surface area contributed by atoms with Crippen LogP contribution in [0.25, 0.3) is 0 Å². The summed E-state index contributed by atoms with van der Waals surface area (Å²) in [6, 6.07) is 0. The fraction of sp³-hybridized carbons (Fsp3) is 0.786. The largest absolute Gasteiger partial charge is 0.481 e. The number of aliphatic carboxylic acids is 1. The fourth-order valence-corrected chi connectivity index (χ4v) is 1.78. The number of carbonyl (C=O) groups is 1. The summed E-state index contributed by atoms with van der Waals surface area (Å²) in [5.74, 6) is -1.07. The van der Waals surface area contributed by atoms with E-state index in [1.165, 1.54) is 0 Å². The summed E-state index contributed by atoms with van der Waals surface area (Å²) in [6.07, 6.45) is 1.21. The molecular formula is C14H26O4. The van der Waals surface area contributed by atoms with Crippen LogP contribution in [-0.2, 0) is 14.6 Å². The van der Waals surface area contributed by atoms with Crippen molar-refractivity contribution in [2.24, 2.45) is 11.3 Å². The van der Waals surface area contributed by atoms with Crippen LogP contribution in [0.3, 0.4) is 0 Å². The Morgan fingerprint density at radius 1 is 1.33 bits per heavy atom. The van der Waals surface area contributed by atoms with Gasteiger partial charge in [-0.3, -0.25) is 4.79 Å². The van der Waals surface area contributed by atoms with Crippen LogP contribution >= 0.6 is 0 Å². The summed E-state index contributed by atoms with van der Waals surface area (Å²) < 4.78 is 0. The molecule has 0 aliphatic heterocycles. The summed E-state index contributed by atoms with van der Waals surface area (Å²) >= 11 is 0. The minimum atomic E-state index is -0.896. The highest BCUT2D eigenvalue weighted by molar-refractivity contribution is 5.71. The number of hydrogen-bond acceptors (Lipinski definition) is 3. The first kappa shape index (κ1) is 17.0. The van der Waals surface area contributed by atoms with Gasteiger partial charge in [0.15, 0.2) is 0 Å². The van der Waals surface area contributed by atoms with Gasteiger partial charge in [-0.2, -0.15) is 4.89 Å². The molecule has 4 nitrogen and oxygen atoms in total. The average molecular weight is 258 g/mol. The SMILES string of the molecule is C=C(CC)OOC(C)(CC(C)(C)C)C(C)C(=O)O. The Kier molecular flexibility index (Phi) is 5.87. The molecule has 4 heteroatoms. The van der Waals surface area contributed by atoms with Crippen LogP contribution in [0.15, 0.2) is 12.3 Å². The molecule has 0 heterocycles. The summed E-state index contributed by atoms with van der Waals surface area (Å²) in [4.78, 5) is 21.7. The fourth-order valence-electron chi connectivity index (χ4n) is 1.78. The molecule has 0 bridgehead atoms. The number of rotatable bonds is 7. The van der Waals surface area contributed by atoms with Crippen LogP contribution < -0.4 is 0 Å². The predicted octanol–water partition coefficient (Wildman–Crippen LogP) is 3.77. The van der Waals surface area contributed by atoms with Gasteiger partial charge >= 0.3 is 5.97 Å². The molecule has 0 aromatic carbocycles. The van der Waals surface area contributed by atoms with Crippen LogP contribution in [0.4, 0.5) is 0 Å². The van der Waals surface area contributed by atoms with E-state index in [9.17, 15) is 9.90 Å². The molecule has 0 fully saturated rings. The normalized spacial score (nSPS) is 16.8. The smallest absolute Gasteiger partial charge is 0.309 e. The van der Waals surface area contributed by atoms with Crippen molar-refractivity contribution in [2.45, 2.75) is 60.0 Å². The minimum absolute atomic E-state index is 0.0602. The lowest BCUT2D eigenvalue weighted by Crippen LogP contribution is -2.43. The molecule has 0 rings (SSSR count). The molecule has 106 valence electrons. The molecule has 0 aromatic rings. The van der Waals surface area contributed by atoms with Gasteiger partial charge in [-0.15, -0.1) is 0 Å². The summed E-state index contributed by atoms with van der Waals surface area (Å²) in [5.41, 5.74) is -0.947. The van der Waals surface area contributed by atoms with Crippen molar-refractivity contribution >= 4 is 5.97 Å². The quantitative estimate of drug-likeness (QED) is 0.429. The summed E-state index contributed by atoms with van der Waals surface area (Å²) in [7, 11) is 0. The van der Waals surface area contributed by atoms with Crippen LogP contribution in [0.1, 0.15) is 54.4 Å². The molecule has 0 aliphatic rings. The number of carboxylic acid groups (broad SMARTS) is 1. The van der Waals surface area contributed by atoms with Crippen molar-refractivity contribution < 1.29 is 19.7 Å². The lowest BCUT2D eigenvalue weighted by Gasteiger charge is -2.36. The Hall–Kier alpha value is -1.03. The van der Waals surface area contributed by atoms with Gasteiger partial charge in [0.05, 0.1) is 5.92 Å². The second kappa shape index (κ2) is 6.23. The molecule has 0 radical (unpaired) electrons. The Balaban J connectivity index is 4.91. The Morgan fingerprint density at radius 3 is 2.17 bits per heavy atom. The molecule has 0 amide bonds. The molecule has 1 N–H and O–H groups in total. The van der Waals surface area contributed by atoms with Crippen LogP contribution in [0, 0.1) is 11.3 Å². The van der Waals surface area contributed by atoms with E-state index >= 15 is 0 Å². The van der Waals surface area contributed by atoms with Gasteiger partial charge in [0, 0.05) is 6.42 Å². The molecule has 0 spiro atoms. The second-order valence-electron chi connectivity index (χ2n) is 6.17. The Bertz CT molecular complexity index is 303. The minimum Gasteiger partial charge on any atom is -0.481 e. The first-order valence-electron chi connectivity index (χ1n) is 6.28. The maximum absolute atomic E-state index is 11.2. The molecular weight excluding hydrogens is 232 g/mol. The molecule has 0 aromatic heterocycles. The van der Waals surface area contributed by atoms with E-state index in [1.807, 2.05) is 27.7 Å². The monoisotopic (exact) mass is 258 g/mol. The average Bonchev–Trinajstić information content (AvgIpc) is 2.22. The molecule has 0 saturated carbocycles. The third kappa shape index (κ3) is 5.54. The van der Waals surface area contributed by atoms with E-state index in [4.69, 9.17) is 9.78 Å². The van der Waals surface area contributed by atoms with Crippen molar-refractivity contribution in [2.75, 3.05) is 0 Å². The maximum Gasteiger partial charge on any atom is 0.309 e. The van der Waals surface area contributed by atoms with Gasteiger partial charge in [-0.25, -0.2) is 0 Å². The molecule has 0 saturated heterocycles. The van der Waals surface area contributed by atoms with Crippen LogP contribution in [-0.4, -0.2) is 16.7 Å². The van der Waals surface area contributed by atoms with Crippen molar-refractivity contribution in [1.82, 2.24) is 0 Å². The zero-order valence-electron chi connectivity index (χ0n) is 12.4. The molecule has 2 atom stereocenters. The highest BCUT2D eigenvalue weighted by Crippen LogP contribution is 2.36. The van der Waals surface area contributed by atoms with Gasteiger partial charge in [0.25, 0.3) is 0 Å². The maximum atomic E-state index is 11.2. The molecule has 0 aliphatic carbocycles. The summed E-state index contributed by atoms with van der Waals surface area (Å²) in [6.45, 7) is 15.1. The van der Waals surface area contributed by atoms with Crippen molar-refractivity contribution in [1.29, 1.82) is 0 Å². The van der Waals surface area contributed by atoms with Crippen molar-refractivity contribution in [3.8, 4) is 0 Å². The zero-order valence-corrected chi connectivity index (χ0v) is 12.4. The number of hydrogen-bond donors (Lipinski definition) is 1. The van der Waals surface area contributed by atoms with E-state index < -0.39 is 17.5 Å². The standard InChI is InChI=1S/C14H26O4/c1-8-10(2)17-18-14(7,9-13(4,5)6)11(3)12(15)16/h11H,2,8-9H2,1,3-7H3,(H,15,16). The third-order valence-electron chi connectivity index (χ3n) is 2.91. The summed E-state index contributed by atoms with van der Waals surface area (Å²) in [5, 5.41) is 9.18. The van der Waals surface area contributed by atoms with Crippen molar-refractivity contribution in [3.63, 3.8) is 0 Å². The highest BCUT2D eigenvalue weighted by Gasteiger charge is 2.42. The van der Waals surface area contributed by atoms with Crippen LogP contribution in [0.5, 0.6) is 0 Å². The van der Waals surface area contributed by atoms with E-state index in [-0.39, 0.29) is 5.41 Å². The predicted molar refractivity (Wildman–Crippen MR) is 70.9 cm³/mol. The molecule has 18 heavy (non-hydrogen) atoms.